The van der Waals surface area contributed by atoms with Crippen molar-refractivity contribution in [1.82, 2.24) is 5.32 Å². The molecule has 0 aromatic heterocycles. The van der Waals surface area contributed by atoms with Crippen LogP contribution in [0.3, 0.4) is 0 Å². The van der Waals surface area contributed by atoms with Crippen molar-refractivity contribution in [3.63, 3.8) is 0 Å². The summed E-state index contributed by atoms with van der Waals surface area (Å²) < 4.78 is 5.95. The Morgan fingerprint density at radius 2 is 1.92 bits per heavy atom. The topological polar surface area (TPSA) is 61.8 Å². The van der Waals surface area contributed by atoms with E-state index in [1.807, 2.05) is 52.2 Å². The van der Waals surface area contributed by atoms with Gasteiger partial charge in [-0.05, 0) is 29.3 Å². The van der Waals surface area contributed by atoms with Crippen molar-refractivity contribution in [1.29, 1.82) is 0 Å². The number of carbonyl (C=O) groups is 1. The molecule has 0 saturated heterocycles. The largest absolute Gasteiger partial charge is 0.493 e. The number of hydrogen-bond donors (Lipinski definition) is 2. The Bertz CT molecular complexity index is 799. The van der Waals surface area contributed by atoms with Gasteiger partial charge in [0.25, 0.3) is 0 Å². The molecule has 1 amide bonds. The van der Waals surface area contributed by atoms with Crippen LogP contribution in [0.15, 0.2) is 42.5 Å². The summed E-state index contributed by atoms with van der Waals surface area (Å²) in [5.41, 5.74) is 3.85. The first-order chi connectivity index (χ1) is 11.8. The number of hydrogen-bond acceptors (Lipinski definition) is 3. The zero-order valence-electron chi connectivity index (χ0n) is 15.0. The van der Waals surface area contributed by atoms with E-state index in [0.717, 1.165) is 28.1 Å². The van der Waals surface area contributed by atoms with E-state index in [2.05, 4.69) is 28.4 Å². The third-order valence-corrected chi connectivity index (χ3v) is 4.67. The Kier molecular flexibility index (Phi) is 4.33. The van der Waals surface area contributed by atoms with Crippen LogP contribution < -0.4 is 15.0 Å². The van der Waals surface area contributed by atoms with Gasteiger partial charge >= 0.3 is 6.09 Å². The summed E-state index contributed by atoms with van der Waals surface area (Å²) in [6.07, 6.45) is -1.02. The van der Waals surface area contributed by atoms with Gasteiger partial charge in [-0.15, -0.1) is 0 Å². The lowest BCUT2D eigenvalue weighted by atomic mass is 9.78. The Morgan fingerprint density at radius 1 is 1.20 bits per heavy atom. The third-order valence-electron chi connectivity index (χ3n) is 4.67. The SMILES string of the molecule is CN(C)c1cccc(-c2ccc3c(c2)OCC(C)(C)C3NC(=O)O)c1. The van der Waals surface area contributed by atoms with Gasteiger partial charge in [-0.3, -0.25) is 0 Å². The molecule has 2 aromatic rings. The van der Waals surface area contributed by atoms with Crippen molar-refractivity contribution in [3.8, 4) is 16.9 Å². The summed E-state index contributed by atoms with van der Waals surface area (Å²) in [4.78, 5) is 13.3. The first-order valence-electron chi connectivity index (χ1n) is 8.32. The molecule has 0 bridgehead atoms. The van der Waals surface area contributed by atoms with Gasteiger partial charge in [0.05, 0.1) is 12.6 Å². The summed E-state index contributed by atoms with van der Waals surface area (Å²) >= 11 is 0. The second-order valence-electron chi connectivity index (χ2n) is 7.36. The average Bonchev–Trinajstić information content (AvgIpc) is 2.57. The van der Waals surface area contributed by atoms with Crippen molar-refractivity contribution in [3.05, 3.63) is 48.0 Å². The maximum Gasteiger partial charge on any atom is 0.405 e. The number of benzene rings is 2. The number of nitrogens with zero attached hydrogens (tertiary/aromatic N) is 1. The van der Waals surface area contributed by atoms with Crippen LogP contribution in [0.2, 0.25) is 0 Å². The molecule has 1 aliphatic heterocycles. The van der Waals surface area contributed by atoms with E-state index < -0.39 is 6.09 Å². The van der Waals surface area contributed by atoms with Crippen LogP contribution in [0.5, 0.6) is 5.75 Å². The molecule has 5 nitrogen and oxygen atoms in total. The number of amides is 1. The minimum Gasteiger partial charge on any atom is -0.493 e. The highest BCUT2D eigenvalue weighted by atomic mass is 16.5. The molecule has 2 aromatic carbocycles. The van der Waals surface area contributed by atoms with Crippen LogP contribution in [0.1, 0.15) is 25.5 Å². The molecular formula is C20H24N2O3. The second-order valence-corrected chi connectivity index (χ2v) is 7.36. The zero-order chi connectivity index (χ0) is 18.2. The van der Waals surface area contributed by atoms with E-state index in [1.165, 1.54) is 0 Å². The maximum absolute atomic E-state index is 11.2. The van der Waals surface area contributed by atoms with Crippen LogP contribution in [0.25, 0.3) is 11.1 Å². The lowest BCUT2D eigenvalue weighted by Gasteiger charge is -2.39. The van der Waals surface area contributed by atoms with E-state index >= 15 is 0 Å². The molecule has 5 heteroatoms. The van der Waals surface area contributed by atoms with E-state index in [1.54, 1.807) is 0 Å². The van der Waals surface area contributed by atoms with Crippen LogP contribution in [0.4, 0.5) is 10.5 Å². The fourth-order valence-electron chi connectivity index (χ4n) is 3.21. The van der Waals surface area contributed by atoms with Crippen molar-refractivity contribution in [2.24, 2.45) is 5.41 Å². The molecule has 1 heterocycles. The van der Waals surface area contributed by atoms with Crippen LogP contribution in [-0.2, 0) is 0 Å². The fraction of sp³-hybridized carbons (Fsp3) is 0.350. The second kappa shape index (κ2) is 6.31. The monoisotopic (exact) mass is 340 g/mol. The first-order valence-corrected chi connectivity index (χ1v) is 8.32. The third kappa shape index (κ3) is 3.40. The molecule has 132 valence electrons. The highest BCUT2D eigenvalue weighted by Gasteiger charge is 2.38. The molecule has 0 saturated carbocycles. The summed E-state index contributed by atoms with van der Waals surface area (Å²) in [5, 5.41) is 11.8. The maximum atomic E-state index is 11.2. The molecule has 1 unspecified atom stereocenters. The van der Waals surface area contributed by atoms with Crippen LogP contribution in [0, 0.1) is 5.41 Å². The molecule has 25 heavy (non-hydrogen) atoms. The summed E-state index contributed by atoms with van der Waals surface area (Å²) in [7, 11) is 4.03. The Labute approximate surface area is 148 Å². The summed E-state index contributed by atoms with van der Waals surface area (Å²) in [6.45, 7) is 4.47. The standard InChI is InChI=1S/C20H24N2O3/c1-20(2)12-25-17-11-14(8-9-16(17)18(20)21-19(23)24)13-6-5-7-15(10-13)22(3)4/h5-11,18,21H,12H2,1-4H3,(H,23,24). The van der Waals surface area contributed by atoms with Crippen molar-refractivity contribution in [2.75, 3.05) is 25.6 Å². The molecule has 2 N–H and O–H groups in total. The lowest BCUT2D eigenvalue weighted by molar-refractivity contribution is 0.0996. The molecule has 0 spiro atoms. The summed E-state index contributed by atoms with van der Waals surface area (Å²) in [5.74, 6) is 0.742. The number of carboxylic acid groups (broad SMARTS) is 1. The number of ether oxygens (including phenoxy) is 1. The highest BCUT2D eigenvalue weighted by Crippen LogP contribution is 2.44. The van der Waals surface area contributed by atoms with Gasteiger partial charge in [0.1, 0.15) is 5.75 Å². The number of nitrogens with one attached hydrogen (secondary N) is 1. The molecule has 0 fully saturated rings. The predicted molar refractivity (Wildman–Crippen MR) is 99.4 cm³/mol. The number of fused-ring (bicyclic) bond motifs is 1. The average molecular weight is 340 g/mol. The van der Waals surface area contributed by atoms with Gasteiger partial charge in [-0.2, -0.15) is 0 Å². The van der Waals surface area contributed by atoms with E-state index in [9.17, 15) is 9.90 Å². The minimum absolute atomic E-state index is 0.295. The molecule has 1 aliphatic rings. The van der Waals surface area contributed by atoms with Crippen molar-refractivity contribution in [2.45, 2.75) is 19.9 Å². The lowest BCUT2D eigenvalue weighted by Crippen LogP contribution is -2.43. The molecule has 0 radical (unpaired) electrons. The van der Waals surface area contributed by atoms with Gasteiger partial charge < -0.3 is 20.1 Å². The predicted octanol–water partition coefficient (Wildman–Crippen LogP) is 4.15. The normalized spacial score (nSPS) is 18.0. The molecule has 1 atom stereocenters. The minimum atomic E-state index is -1.02. The Hall–Kier alpha value is -2.69. The Morgan fingerprint density at radius 3 is 2.60 bits per heavy atom. The van der Waals surface area contributed by atoms with Gasteiger partial charge in [0.2, 0.25) is 0 Å². The van der Waals surface area contributed by atoms with E-state index in [0.29, 0.717) is 6.61 Å². The van der Waals surface area contributed by atoms with Gasteiger partial charge in [-0.1, -0.05) is 38.1 Å². The van der Waals surface area contributed by atoms with Crippen molar-refractivity contribution >= 4 is 11.8 Å². The highest BCUT2D eigenvalue weighted by molar-refractivity contribution is 5.71. The smallest absolute Gasteiger partial charge is 0.405 e. The van der Waals surface area contributed by atoms with Crippen molar-refractivity contribution < 1.29 is 14.6 Å². The van der Waals surface area contributed by atoms with Crippen LogP contribution in [-0.4, -0.2) is 31.9 Å². The number of rotatable bonds is 3. The van der Waals surface area contributed by atoms with E-state index in [4.69, 9.17) is 4.74 Å². The quantitative estimate of drug-likeness (QED) is 0.881. The zero-order valence-corrected chi connectivity index (χ0v) is 15.0. The fourth-order valence-corrected chi connectivity index (χ4v) is 3.21. The van der Waals surface area contributed by atoms with Gasteiger partial charge in [0.15, 0.2) is 0 Å². The first kappa shape index (κ1) is 17.1. The van der Waals surface area contributed by atoms with E-state index in [-0.39, 0.29) is 11.5 Å². The summed E-state index contributed by atoms with van der Waals surface area (Å²) in [6, 6.07) is 14.0. The Balaban J connectivity index is 2.00. The molecular weight excluding hydrogens is 316 g/mol. The van der Waals surface area contributed by atoms with Gasteiger partial charge in [-0.25, -0.2) is 4.79 Å². The number of anilines is 1. The van der Waals surface area contributed by atoms with Crippen LogP contribution >= 0.6 is 0 Å². The molecule has 0 aliphatic carbocycles. The molecule has 3 rings (SSSR count). The van der Waals surface area contributed by atoms with Gasteiger partial charge in [0, 0.05) is 30.8 Å².